The molecule has 2 unspecified atom stereocenters. The molecule has 1 aliphatic carbocycles. The minimum absolute atomic E-state index is 0.157. The summed E-state index contributed by atoms with van der Waals surface area (Å²) in [4.78, 5) is 8.50. The average molecular weight is 258 g/mol. The lowest BCUT2D eigenvalue weighted by atomic mass is 9.74. The Morgan fingerprint density at radius 3 is 2.84 bits per heavy atom. The smallest absolute Gasteiger partial charge is 0.231 e. The minimum Gasteiger partial charge on any atom is -0.339 e. The second kappa shape index (κ2) is 4.74. The van der Waals surface area contributed by atoms with E-state index in [4.69, 9.17) is 10.3 Å². The van der Waals surface area contributed by atoms with Gasteiger partial charge in [0.05, 0.1) is 5.92 Å². The molecule has 5 nitrogen and oxygen atoms in total. The zero-order chi connectivity index (χ0) is 13.3. The second-order valence-corrected chi connectivity index (χ2v) is 5.50. The SMILES string of the molecule is CC1(N)CCCCC1c1nc(-c2ccncc2)no1. The molecule has 0 spiro atoms. The molecule has 3 rings (SSSR count). The monoisotopic (exact) mass is 258 g/mol. The first-order valence-electron chi connectivity index (χ1n) is 6.70. The van der Waals surface area contributed by atoms with Crippen molar-refractivity contribution in [2.24, 2.45) is 5.73 Å². The molecule has 2 aromatic rings. The second-order valence-electron chi connectivity index (χ2n) is 5.50. The molecule has 0 amide bonds. The van der Waals surface area contributed by atoms with Gasteiger partial charge in [-0.05, 0) is 31.9 Å². The normalized spacial score (nSPS) is 27.4. The Morgan fingerprint density at radius 2 is 2.11 bits per heavy atom. The third-order valence-corrected chi connectivity index (χ3v) is 3.93. The van der Waals surface area contributed by atoms with Crippen molar-refractivity contribution >= 4 is 0 Å². The summed E-state index contributed by atoms with van der Waals surface area (Å²) >= 11 is 0. The van der Waals surface area contributed by atoms with Crippen LogP contribution in [-0.2, 0) is 0 Å². The lowest BCUT2D eigenvalue weighted by molar-refractivity contribution is 0.223. The van der Waals surface area contributed by atoms with E-state index in [1.807, 2.05) is 12.1 Å². The minimum atomic E-state index is -0.250. The van der Waals surface area contributed by atoms with Crippen molar-refractivity contribution in [2.75, 3.05) is 0 Å². The molecule has 2 atom stereocenters. The molecule has 2 heterocycles. The number of nitrogens with two attached hydrogens (primary N) is 1. The van der Waals surface area contributed by atoms with E-state index >= 15 is 0 Å². The van der Waals surface area contributed by atoms with Crippen molar-refractivity contribution in [1.29, 1.82) is 0 Å². The van der Waals surface area contributed by atoms with Gasteiger partial charge in [-0.1, -0.05) is 18.0 Å². The van der Waals surface area contributed by atoms with Crippen molar-refractivity contribution in [3.05, 3.63) is 30.4 Å². The lowest BCUT2D eigenvalue weighted by Gasteiger charge is -2.35. The van der Waals surface area contributed by atoms with Crippen LogP contribution in [0.3, 0.4) is 0 Å². The third kappa shape index (κ3) is 2.38. The van der Waals surface area contributed by atoms with E-state index in [2.05, 4.69) is 22.0 Å². The van der Waals surface area contributed by atoms with Crippen molar-refractivity contribution in [1.82, 2.24) is 15.1 Å². The number of rotatable bonds is 2. The van der Waals surface area contributed by atoms with Crippen LogP contribution in [0.2, 0.25) is 0 Å². The first-order valence-corrected chi connectivity index (χ1v) is 6.70. The van der Waals surface area contributed by atoms with Crippen LogP contribution in [0.25, 0.3) is 11.4 Å². The Labute approximate surface area is 112 Å². The highest BCUT2D eigenvalue weighted by molar-refractivity contribution is 5.52. The van der Waals surface area contributed by atoms with Crippen LogP contribution in [0.15, 0.2) is 29.0 Å². The highest BCUT2D eigenvalue weighted by Crippen LogP contribution is 2.38. The molecule has 19 heavy (non-hydrogen) atoms. The number of hydrogen-bond donors (Lipinski definition) is 1. The highest BCUT2D eigenvalue weighted by atomic mass is 16.5. The van der Waals surface area contributed by atoms with Gasteiger partial charge in [0.25, 0.3) is 0 Å². The largest absolute Gasteiger partial charge is 0.339 e. The first-order chi connectivity index (χ1) is 9.17. The van der Waals surface area contributed by atoms with Crippen LogP contribution >= 0.6 is 0 Å². The van der Waals surface area contributed by atoms with Gasteiger partial charge in [-0.25, -0.2) is 0 Å². The predicted octanol–water partition coefficient (Wildman–Crippen LogP) is 2.51. The number of hydrogen-bond acceptors (Lipinski definition) is 5. The Bertz CT molecular complexity index is 550. The van der Waals surface area contributed by atoms with Gasteiger partial charge in [-0.15, -0.1) is 0 Å². The molecular weight excluding hydrogens is 240 g/mol. The standard InChI is InChI=1S/C14H18N4O/c1-14(15)7-3-2-4-11(14)13-17-12(18-19-13)10-5-8-16-9-6-10/h5-6,8-9,11H,2-4,7,15H2,1H3. The maximum Gasteiger partial charge on any atom is 0.231 e. The molecule has 2 aromatic heterocycles. The highest BCUT2D eigenvalue weighted by Gasteiger charge is 2.37. The Hall–Kier alpha value is -1.75. The van der Waals surface area contributed by atoms with Crippen LogP contribution in [0, 0.1) is 0 Å². The molecule has 0 aromatic carbocycles. The van der Waals surface area contributed by atoms with Gasteiger partial charge in [0.1, 0.15) is 0 Å². The van der Waals surface area contributed by atoms with E-state index in [9.17, 15) is 0 Å². The topological polar surface area (TPSA) is 77.8 Å². The predicted molar refractivity (Wildman–Crippen MR) is 71.3 cm³/mol. The summed E-state index contributed by atoms with van der Waals surface area (Å²) < 4.78 is 5.43. The summed E-state index contributed by atoms with van der Waals surface area (Å²) in [7, 11) is 0. The zero-order valence-corrected chi connectivity index (χ0v) is 11.0. The van der Waals surface area contributed by atoms with Crippen LogP contribution in [0.1, 0.15) is 44.4 Å². The molecule has 1 aliphatic rings. The fourth-order valence-electron chi connectivity index (χ4n) is 2.76. The molecule has 0 aliphatic heterocycles. The van der Waals surface area contributed by atoms with Gasteiger partial charge in [-0.3, -0.25) is 4.98 Å². The summed E-state index contributed by atoms with van der Waals surface area (Å²) in [6, 6.07) is 3.74. The van der Waals surface area contributed by atoms with Crippen LogP contribution in [-0.4, -0.2) is 20.7 Å². The zero-order valence-electron chi connectivity index (χ0n) is 11.0. The quantitative estimate of drug-likeness (QED) is 0.895. The maximum atomic E-state index is 6.36. The number of nitrogens with zero attached hydrogens (tertiary/aromatic N) is 3. The van der Waals surface area contributed by atoms with Crippen LogP contribution in [0.4, 0.5) is 0 Å². The van der Waals surface area contributed by atoms with Crippen molar-refractivity contribution < 1.29 is 4.52 Å². The molecule has 100 valence electrons. The molecule has 2 N–H and O–H groups in total. The van der Waals surface area contributed by atoms with Gasteiger partial charge in [0.15, 0.2) is 0 Å². The van der Waals surface area contributed by atoms with Crippen LogP contribution in [0.5, 0.6) is 0 Å². The lowest BCUT2D eigenvalue weighted by Crippen LogP contribution is -2.44. The maximum absolute atomic E-state index is 6.36. The van der Waals surface area contributed by atoms with Crippen molar-refractivity contribution in [3.63, 3.8) is 0 Å². The van der Waals surface area contributed by atoms with Crippen molar-refractivity contribution in [3.8, 4) is 11.4 Å². The van der Waals surface area contributed by atoms with Gasteiger partial charge >= 0.3 is 0 Å². The van der Waals surface area contributed by atoms with Gasteiger partial charge < -0.3 is 10.3 Å². The van der Waals surface area contributed by atoms with Gasteiger partial charge in [0, 0.05) is 23.5 Å². The Kier molecular flexibility index (Phi) is 3.06. The van der Waals surface area contributed by atoms with Gasteiger partial charge in [-0.2, -0.15) is 4.98 Å². The van der Waals surface area contributed by atoms with E-state index in [0.29, 0.717) is 11.7 Å². The van der Waals surface area contributed by atoms with Crippen molar-refractivity contribution in [2.45, 2.75) is 44.1 Å². The number of aromatic nitrogens is 3. The molecule has 1 fully saturated rings. The first kappa shape index (κ1) is 12.3. The van der Waals surface area contributed by atoms with E-state index in [1.54, 1.807) is 12.4 Å². The summed E-state index contributed by atoms with van der Waals surface area (Å²) in [5.41, 5.74) is 7.03. The molecular formula is C14H18N4O. The average Bonchev–Trinajstić information content (AvgIpc) is 2.88. The van der Waals surface area contributed by atoms with E-state index in [-0.39, 0.29) is 11.5 Å². The molecule has 5 heteroatoms. The Morgan fingerprint density at radius 1 is 1.32 bits per heavy atom. The summed E-state index contributed by atoms with van der Waals surface area (Å²) in [5, 5.41) is 4.06. The fraction of sp³-hybridized carbons (Fsp3) is 0.500. The third-order valence-electron chi connectivity index (χ3n) is 3.93. The molecule has 1 saturated carbocycles. The van der Waals surface area contributed by atoms with E-state index in [0.717, 1.165) is 18.4 Å². The summed E-state index contributed by atoms with van der Waals surface area (Å²) in [6.07, 6.45) is 7.81. The molecule has 0 saturated heterocycles. The summed E-state index contributed by atoms with van der Waals surface area (Å²) in [5.74, 6) is 1.43. The molecule has 0 radical (unpaired) electrons. The van der Waals surface area contributed by atoms with Gasteiger partial charge in [0.2, 0.25) is 11.7 Å². The number of pyridine rings is 1. The Balaban J connectivity index is 1.89. The molecule has 0 bridgehead atoms. The van der Waals surface area contributed by atoms with Crippen LogP contribution < -0.4 is 5.73 Å². The fourth-order valence-corrected chi connectivity index (χ4v) is 2.76. The summed E-state index contributed by atoms with van der Waals surface area (Å²) in [6.45, 7) is 2.08. The van der Waals surface area contributed by atoms with E-state index < -0.39 is 0 Å². The van der Waals surface area contributed by atoms with E-state index in [1.165, 1.54) is 12.8 Å².